The minimum Gasteiger partial charge on any atom is -0.486 e. The zero-order chi connectivity index (χ0) is 22.2. The molecular formula is C22H26ClN3O5. The van der Waals surface area contributed by atoms with Gasteiger partial charge in [0.15, 0.2) is 5.78 Å². The van der Waals surface area contributed by atoms with Gasteiger partial charge in [0.2, 0.25) is 17.7 Å². The third-order valence-electron chi connectivity index (χ3n) is 6.61. The number of piperidine rings is 1. The molecule has 9 heteroatoms. The van der Waals surface area contributed by atoms with E-state index in [1.54, 1.807) is 28.0 Å². The summed E-state index contributed by atoms with van der Waals surface area (Å²) in [6, 6.07) is 4.99. The molecule has 1 aromatic carbocycles. The van der Waals surface area contributed by atoms with Crippen molar-refractivity contribution < 1.29 is 23.9 Å². The Morgan fingerprint density at radius 3 is 2.61 bits per heavy atom. The van der Waals surface area contributed by atoms with Crippen LogP contribution < -0.4 is 10.5 Å². The van der Waals surface area contributed by atoms with Gasteiger partial charge in [-0.3, -0.25) is 19.2 Å². The number of ether oxygens (including phenoxy) is 1. The Kier molecular flexibility index (Phi) is 5.92. The molecule has 3 aliphatic heterocycles. The molecule has 1 unspecified atom stereocenters. The highest BCUT2D eigenvalue weighted by atomic mass is 35.5. The van der Waals surface area contributed by atoms with E-state index in [0.717, 1.165) is 0 Å². The second-order valence-corrected chi connectivity index (χ2v) is 9.08. The highest BCUT2D eigenvalue weighted by molar-refractivity contribution is 6.31. The van der Waals surface area contributed by atoms with Crippen molar-refractivity contribution in [3.63, 3.8) is 0 Å². The number of carbonyl (C=O) groups is 4. The van der Waals surface area contributed by atoms with E-state index in [1.807, 2.05) is 0 Å². The largest absolute Gasteiger partial charge is 0.486 e. The van der Waals surface area contributed by atoms with Crippen LogP contribution in [0.4, 0.5) is 0 Å². The number of amides is 3. The molecule has 1 aromatic rings. The summed E-state index contributed by atoms with van der Waals surface area (Å²) in [5.41, 5.74) is 5.08. The molecule has 0 aromatic heterocycles. The molecule has 2 N–H and O–H groups in total. The lowest BCUT2D eigenvalue weighted by atomic mass is 9.84. The fraction of sp³-hybridized carbons (Fsp3) is 0.545. The van der Waals surface area contributed by atoms with E-state index in [4.69, 9.17) is 22.1 Å². The van der Waals surface area contributed by atoms with Gasteiger partial charge in [-0.15, -0.1) is 0 Å². The predicted molar refractivity (Wildman–Crippen MR) is 113 cm³/mol. The van der Waals surface area contributed by atoms with E-state index >= 15 is 0 Å². The number of likely N-dealkylation sites (tertiary alicyclic amines) is 2. The fourth-order valence-electron chi connectivity index (χ4n) is 4.67. The van der Waals surface area contributed by atoms with Crippen molar-refractivity contribution >= 4 is 35.1 Å². The van der Waals surface area contributed by atoms with E-state index < -0.39 is 5.60 Å². The highest BCUT2D eigenvalue weighted by Crippen LogP contribution is 2.40. The maximum absolute atomic E-state index is 12.7. The lowest BCUT2D eigenvalue weighted by molar-refractivity contribution is -0.141. The average molecular weight is 448 g/mol. The molecule has 1 atom stereocenters. The first-order valence-electron chi connectivity index (χ1n) is 10.6. The number of fused-ring (bicyclic) bond motifs is 1. The monoisotopic (exact) mass is 447 g/mol. The third kappa shape index (κ3) is 4.54. The van der Waals surface area contributed by atoms with Gasteiger partial charge in [0, 0.05) is 43.4 Å². The lowest BCUT2D eigenvalue weighted by Gasteiger charge is -2.37. The van der Waals surface area contributed by atoms with Crippen LogP contribution in [-0.4, -0.2) is 65.1 Å². The fourth-order valence-corrected chi connectivity index (χ4v) is 4.84. The zero-order valence-electron chi connectivity index (χ0n) is 17.3. The van der Waals surface area contributed by atoms with Crippen molar-refractivity contribution in [2.24, 2.45) is 11.7 Å². The van der Waals surface area contributed by atoms with E-state index in [2.05, 4.69) is 0 Å². The zero-order valence-corrected chi connectivity index (χ0v) is 18.0. The van der Waals surface area contributed by atoms with Crippen molar-refractivity contribution in [2.45, 2.75) is 44.1 Å². The average Bonchev–Trinajstić information content (AvgIpc) is 2.89. The summed E-state index contributed by atoms with van der Waals surface area (Å²) in [5, 5.41) is 0.479. The molecule has 166 valence electrons. The maximum Gasteiger partial charge on any atom is 0.242 e. The van der Waals surface area contributed by atoms with Gasteiger partial charge in [0.1, 0.15) is 11.4 Å². The number of rotatable bonds is 3. The quantitative estimate of drug-likeness (QED) is 0.759. The summed E-state index contributed by atoms with van der Waals surface area (Å²) in [6.07, 6.45) is 2.41. The van der Waals surface area contributed by atoms with Gasteiger partial charge in [-0.25, -0.2) is 0 Å². The van der Waals surface area contributed by atoms with Crippen LogP contribution in [0.5, 0.6) is 5.75 Å². The molecule has 8 nitrogen and oxygen atoms in total. The molecule has 4 rings (SSSR count). The number of carbonyl (C=O) groups excluding carboxylic acids is 4. The van der Waals surface area contributed by atoms with Gasteiger partial charge in [0.05, 0.1) is 18.5 Å². The Morgan fingerprint density at radius 1 is 1.16 bits per heavy atom. The number of nitrogens with zero attached hydrogens (tertiary/aromatic N) is 2. The summed E-state index contributed by atoms with van der Waals surface area (Å²) in [5.74, 6) is -0.315. The summed E-state index contributed by atoms with van der Waals surface area (Å²) < 4.78 is 6.22. The Bertz CT molecular complexity index is 928. The number of nitrogens with two attached hydrogens (primary N) is 1. The van der Waals surface area contributed by atoms with Crippen molar-refractivity contribution in [1.29, 1.82) is 0 Å². The third-order valence-corrected chi connectivity index (χ3v) is 6.85. The van der Waals surface area contributed by atoms with Crippen molar-refractivity contribution in [3.8, 4) is 5.75 Å². The predicted octanol–water partition coefficient (Wildman–Crippen LogP) is 1.78. The van der Waals surface area contributed by atoms with Gasteiger partial charge < -0.3 is 20.3 Å². The number of halogens is 1. The first-order chi connectivity index (χ1) is 14.8. The Balaban J connectivity index is 1.39. The number of Topliss-reactive ketones (excluding diaryl/α,β-unsaturated/α-hetero) is 1. The van der Waals surface area contributed by atoms with E-state index in [-0.39, 0.29) is 48.8 Å². The summed E-state index contributed by atoms with van der Waals surface area (Å²) >= 11 is 6.00. The van der Waals surface area contributed by atoms with Crippen molar-refractivity contribution in [1.82, 2.24) is 9.80 Å². The molecule has 3 amide bonds. The Morgan fingerprint density at radius 2 is 1.90 bits per heavy atom. The van der Waals surface area contributed by atoms with Gasteiger partial charge in [-0.2, -0.15) is 0 Å². The van der Waals surface area contributed by atoms with Crippen LogP contribution in [0.15, 0.2) is 18.2 Å². The molecule has 0 aliphatic carbocycles. The molecule has 2 fully saturated rings. The van der Waals surface area contributed by atoms with Gasteiger partial charge >= 0.3 is 0 Å². The number of hydrogen-bond acceptors (Lipinski definition) is 5. The number of ketones is 1. The SMILES string of the molecule is NC(=O)C1CCN(C(=O)CN2CCC3(CCC2=O)CC(=O)c2cc(Cl)ccc2O3)CC1. The van der Waals surface area contributed by atoms with Crippen LogP contribution in [0.3, 0.4) is 0 Å². The molecular weight excluding hydrogens is 422 g/mol. The first kappa shape index (κ1) is 21.6. The summed E-state index contributed by atoms with van der Waals surface area (Å²) in [6.45, 7) is 1.28. The number of primary amides is 1. The summed E-state index contributed by atoms with van der Waals surface area (Å²) in [7, 11) is 0. The molecule has 2 saturated heterocycles. The van der Waals surface area contributed by atoms with Crippen LogP contribution in [0.25, 0.3) is 0 Å². The first-order valence-corrected chi connectivity index (χ1v) is 11.0. The van der Waals surface area contributed by atoms with Gasteiger partial charge in [-0.1, -0.05) is 11.6 Å². The molecule has 0 saturated carbocycles. The molecule has 3 heterocycles. The number of benzene rings is 1. The van der Waals surface area contributed by atoms with E-state index in [0.29, 0.717) is 61.7 Å². The van der Waals surface area contributed by atoms with Crippen LogP contribution in [0.2, 0.25) is 5.02 Å². The van der Waals surface area contributed by atoms with Crippen LogP contribution in [-0.2, 0) is 14.4 Å². The Hall–Kier alpha value is -2.61. The van der Waals surface area contributed by atoms with Crippen molar-refractivity contribution in [2.75, 3.05) is 26.2 Å². The highest BCUT2D eigenvalue weighted by Gasteiger charge is 2.43. The van der Waals surface area contributed by atoms with Crippen LogP contribution in [0.1, 0.15) is 48.9 Å². The molecule has 31 heavy (non-hydrogen) atoms. The van der Waals surface area contributed by atoms with E-state index in [9.17, 15) is 19.2 Å². The Labute approximate surface area is 185 Å². The molecule has 0 radical (unpaired) electrons. The molecule has 0 bridgehead atoms. The maximum atomic E-state index is 12.7. The van der Waals surface area contributed by atoms with Crippen molar-refractivity contribution in [3.05, 3.63) is 28.8 Å². The minimum atomic E-state index is -0.745. The standard InChI is InChI=1S/C22H26ClN3O5/c23-15-1-2-18-16(11-15)17(27)12-22(31-18)6-3-19(28)26(10-7-22)13-20(29)25-8-4-14(5-9-25)21(24)30/h1-2,11,14H,3-10,12-13H2,(H2,24,30). The second-order valence-electron chi connectivity index (χ2n) is 8.65. The van der Waals surface area contributed by atoms with Crippen LogP contribution in [0, 0.1) is 5.92 Å². The second kappa shape index (κ2) is 8.49. The summed E-state index contributed by atoms with van der Waals surface area (Å²) in [4.78, 5) is 52.7. The lowest BCUT2D eigenvalue weighted by Crippen LogP contribution is -2.47. The van der Waals surface area contributed by atoms with Gasteiger partial charge in [-0.05, 0) is 37.5 Å². The molecule has 3 aliphatic rings. The van der Waals surface area contributed by atoms with Gasteiger partial charge in [0.25, 0.3) is 0 Å². The molecule has 1 spiro atoms. The van der Waals surface area contributed by atoms with Crippen LogP contribution >= 0.6 is 11.6 Å². The smallest absolute Gasteiger partial charge is 0.242 e. The van der Waals surface area contributed by atoms with E-state index in [1.165, 1.54) is 0 Å². The minimum absolute atomic E-state index is 0.00368. The number of hydrogen-bond donors (Lipinski definition) is 1. The topological polar surface area (TPSA) is 110 Å². The normalized spacial score (nSPS) is 24.5.